The average molecular weight is 467 g/mol. The summed E-state index contributed by atoms with van der Waals surface area (Å²) in [5.74, 6) is 0.980. The van der Waals surface area contributed by atoms with Crippen LogP contribution in [0.5, 0.6) is 0 Å². The first-order chi connectivity index (χ1) is 14.2. The average Bonchev–Trinajstić information content (AvgIpc) is 3.15. The molecular weight excluding hydrogens is 448 g/mol. The van der Waals surface area contributed by atoms with Crippen LogP contribution in [0.3, 0.4) is 0 Å². The molecule has 0 saturated heterocycles. The largest absolute Gasteiger partial charge is 0.325 e. The molecule has 3 aromatic carbocycles. The van der Waals surface area contributed by atoms with Gasteiger partial charge < -0.3 is 9.88 Å². The molecule has 4 rings (SSSR count). The topological polar surface area (TPSA) is 59.8 Å². The Labute approximate surface area is 181 Å². The van der Waals surface area contributed by atoms with Gasteiger partial charge in [-0.1, -0.05) is 82.3 Å². The van der Waals surface area contributed by atoms with Crippen LogP contribution < -0.4 is 5.32 Å². The molecule has 0 aliphatic rings. The monoisotopic (exact) mass is 466 g/mol. The van der Waals surface area contributed by atoms with Crippen LogP contribution in [-0.4, -0.2) is 26.4 Å². The Balaban J connectivity index is 1.49. The van der Waals surface area contributed by atoms with Crippen molar-refractivity contribution in [1.82, 2.24) is 14.8 Å². The third kappa shape index (κ3) is 4.21. The molecule has 5 nitrogen and oxygen atoms in total. The molecule has 1 heterocycles. The maximum Gasteiger partial charge on any atom is 0.234 e. The standard InChI is InChI=1S/C22H19BrN4OS/c1-2-27-21(17-11-5-6-12-18(17)23)25-26-22(27)29-14-20(28)24-19-13-7-9-15-8-3-4-10-16(15)19/h3-13H,2,14H2,1H3,(H,24,28). The number of thioether (sulfide) groups is 1. The molecule has 0 saturated carbocycles. The number of hydrogen-bond donors (Lipinski definition) is 1. The van der Waals surface area contributed by atoms with Crippen LogP contribution in [0.25, 0.3) is 22.2 Å². The highest BCUT2D eigenvalue weighted by Crippen LogP contribution is 2.29. The van der Waals surface area contributed by atoms with Crippen LogP contribution in [-0.2, 0) is 11.3 Å². The highest BCUT2D eigenvalue weighted by molar-refractivity contribution is 9.10. The third-order valence-corrected chi connectivity index (χ3v) is 6.20. The Morgan fingerprint density at radius 2 is 1.79 bits per heavy atom. The van der Waals surface area contributed by atoms with Crippen LogP contribution in [0, 0.1) is 0 Å². The number of anilines is 1. The summed E-state index contributed by atoms with van der Waals surface area (Å²) in [4.78, 5) is 12.6. The summed E-state index contributed by atoms with van der Waals surface area (Å²) in [5.41, 5.74) is 1.80. The SMILES string of the molecule is CCn1c(SCC(=O)Nc2cccc3ccccc23)nnc1-c1ccccc1Br. The zero-order chi connectivity index (χ0) is 20.2. The van der Waals surface area contributed by atoms with Gasteiger partial charge in [0.15, 0.2) is 11.0 Å². The fraction of sp³-hybridized carbons (Fsp3) is 0.136. The number of fused-ring (bicyclic) bond motifs is 1. The van der Waals surface area contributed by atoms with Crippen LogP contribution >= 0.6 is 27.7 Å². The first-order valence-corrected chi connectivity index (χ1v) is 11.0. The van der Waals surface area contributed by atoms with E-state index in [-0.39, 0.29) is 11.7 Å². The molecule has 0 fully saturated rings. The summed E-state index contributed by atoms with van der Waals surface area (Å²) in [6, 6.07) is 21.8. The smallest absolute Gasteiger partial charge is 0.234 e. The molecule has 0 bridgehead atoms. The molecule has 4 aromatic rings. The number of benzene rings is 3. The minimum Gasteiger partial charge on any atom is -0.325 e. The number of hydrogen-bond acceptors (Lipinski definition) is 4. The molecule has 7 heteroatoms. The van der Waals surface area contributed by atoms with Crippen molar-refractivity contribution in [3.63, 3.8) is 0 Å². The van der Waals surface area contributed by atoms with Gasteiger partial charge in [0.1, 0.15) is 0 Å². The number of carbonyl (C=O) groups excluding carboxylic acids is 1. The van der Waals surface area contributed by atoms with Crippen molar-refractivity contribution in [2.75, 3.05) is 11.1 Å². The van der Waals surface area contributed by atoms with Crippen molar-refractivity contribution >= 4 is 50.1 Å². The van der Waals surface area contributed by atoms with E-state index in [1.54, 1.807) is 0 Å². The highest BCUT2D eigenvalue weighted by Gasteiger charge is 2.16. The van der Waals surface area contributed by atoms with Crippen LogP contribution in [0.4, 0.5) is 5.69 Å². The van der Waals surface area contributed by atoms with Gasteiger partial charge in [-0.3, -0.25) is 4.79 Å². The first kappa shape index (κ1) is 19.7. The second-order valence-corrected chi connectivity index (χ2v) is 8.19. The third-order valence-electron chi connectivity index (χ3n) is 4.54. The number of nitrogens with one attached hydrogen (secondary N) is 1. The lowest BCUT2D eigenvalue weighted by molar-refractivity contribution is -0.113. The lowest BCUT2D eigenvalue weighted by atomic mass is 10.1. The fourth-order valence-corrected chi connectivity index (χ4v) is 4.44. The van der Waals surface area contributed by atoms with Gasteiger partial charge in [-0.05, 0) is 24.4 Å². The summed E-state index contributed by atoms with van der Waals surface area (Å²) in [5, 5.41) is 14.5. The predicted molar refractivity (Wildman–Crippen MR) is 122 cm³/mol. The second-order valence-electron chi connectivity index (χ2n) is 6.39. The van der Waals surface area contributed by atoms with Gasteiger partial charge in [-0.2, -0.15) is 0 Å². The first-order valence-electron chi connectivity index (χ1n) is 9.26. The van der Waals surface area contributed by atoms with Crippen molar-refractivity contribution in [3.05, 3.63) is 71.2 Å². The molecule has 29 heavy (non-hydrogen) atoms. The zero-order valence-electron chi connectivity index (χ0n) is 15.8. The molecule has 1 N–H and O–H groups in total. The zero-order valence-corrected chi connectivity index (χ0v) is 18.2. The normalized spacial score (nSPS) is 11.0. The summed E-state index contributed by atoms with van der Waals surface area (Å²) < 4.78 is 2.99. The molecule has 1 aromatic heterocycles. The molecule has 0 aliphatic heterocycles. The molecule has 0 aliphatic carbocycles. The molecule has 1 amide bonds. The molecular formula is C22H19BrN4OS. The lowest BCUT2D eigenvalue weighted by Crippen LogP contribution is -2.15. The van der Waals surface area contributed by atoms with Gasteiger partial charge in [0.25, 0.3) is 0 Å². The predicted octanol–water partition coefficient (Wildman–Crippen LogP) is 5.61. The van der Waals surface area contributed by atoms with Crippen molar-refractivity contribution in [2.24, 2.45) is 0 Å². The van der Waals surface area contributed by atoms with Gasteiger partial charge in [0, 0.05) is 27.7 Å². The maximum absolute atomic E-state index is 12.6. The van der Waals surface area contributed by atoms with Crippen LogP contribution in [0.1, 0.15) is 6.92 Å². The van der Waals surface area contributed by atoms with E-state index in [9.17, 15) is 4.79 Å². The molecule has 146 valence electrons. The Bertz CT molecular complexity index is 1170. The number of halogens is 1. The van der Waals surface area contributed by atoms with Crippen molar-refractivity contribution in [1.29, 1.82) is 0 Å². The van der Waals surface area contributed by atoms with E-state index in [2.05, 4.69) is 31.4 Å². The van der Waals surface area contributed by atoms with E-state index in [1.807, 2.05) is 78.2 Å². The number of carbonyl (C=O) groups is 1. The minimum absolute atomic E-state index is 0.0700. The lowest BCUT2D eigenvalue weighted by Gasteiger charge is -2.10. The van der Waals surface area contributed by atoms with E-state index in [1.165, 1.54) is 11.8 Å². The number of rotatable bonds is 6. The van der Waals surface area contributed by atoms with Gasteiger partial charge in [0.2, 0.25) is 5.91 Å². The van der Waals surface area contributed by atoms with E-state index in [4.69, 9.17) is 0 Å². The van der Waals surface area contributed by atoms with Crippen LogP contribution in [0.15, 0.2) is 76.4 Å². The quantitative estimate of drug-likeness (QED) is 0.375. The van der Waals surface area contributed by atoms with Gasteiger partial charge >= 0.3 is 0 Å². The van der Waals surface area contributed by atoms with Gasteiger partial charge in [-0.15, -0.1) is 10.2 Å². The molecule has 0 unspecified atom stereocenters. The molecule has 0 atom stereocenters. The molecule has 0 spiro atoms. The number of amides is 1. The summed E-state index contributed by atoms with van der Waals surface area (Å²) in [6.45, 7) is 2.76. The number of aromatic nitrogens is 3. The van der Waals surface area contributed by atoms with Crippen molar-refractivity contribution in [2.45, 2.75) is 18.6 Å². The van der Waals surface area contributed by atoms with Crippen molar-refractivity contribution < 1.29 is 4.79 Å². The Kier molecular flexibility index (Phi) is 5.97. The summed E-state index contributed by atoms with van der Waals surface area (Å²) in [6.07, 6.45) is 0. The molecule has 0 radical (unpaired) electrons. The van der Waals surface area contributed by atoms with Gasteiger partial charge in [-0.25, -0.2) is 0 Å². The maximum atomic E-state index is 12.6. The Morgan fingerprint density at radius 1 is 1.03 bits per heavy atom. The van der Waals surface area contributed by atoms with E-state index < -0.39 is 0 Å². The van der Waals surface area contributed by atoms with Gasteiger partial charge in [0.05, 0.1) is 5.75 Å². The van der Waals surface area contributed by atoms with E-state index >= 15 is 0 Å². The van der Waals surface area contributed by atoms with Crippen molar-refractivity contribution in [3.8, 4) is 11.4 Å². The van der Waals surface area contributed by atoms with E-state index in [0.29, 0.717) is 0 Å². The Hall–Kier alpha value is -2.64. The highest BCUT2D eigenvalue weighted by atomic mass is 79.9. The second kappa shape index (κ2) is 8.80. The number of nitrogens with zero attached hydrogens (tertiary/aromatic N) is 3. The minimum atomic E-state index is -0.0700. The summed E-state index contributed by atoms with van der Waals surface area (Å²) in [7, 11) is 0. The summed E-state index contributed by atoms with van der Waals surface area (Å²) >= 11 is 4.96. The fourth-order valence-electron chi connectivity index (χ4n) is 3.17. The van der Waals surface area contributed by atoms with E-state index in [0.717, 1.165) is 44.0 Å². The Morgan fingerprint density at radius 3 is 2.62 bits per heavy atom. The van der Waals surface area contributed by atoms with Crippen LogP contribution in [0.2, 0.25) is 0 Å².